The van der Waals surface area contributed by atoms with Crippen molar-refractivity contribution < 1.29 is 101 Å². The lowest BCUT2D eigenvalue weighted by Gasteiger charge is -2.43. The van der Waals surface area contributed by atoms with E-state index in [1.165, 1.54) is 0 Å². The minimum Gasteiger partial charge on any atom is -0.269 e. The van der Waals surface area contributed by atoms with Gasteiger partial charge in [0.15, 0.2) is 0 Å². The third-order valence-corrected chi connectivity index (χ3v) is 4.07. The molecule has 0 spiro atoms. The molecule has 0 fully saturated rings. The van der Waals surface area contributed by atoms with Gasteiger partial charge in [-0.2, -0.15) is 91.8 Å². The van der Waals surface area contributed by atoms with Crippen molar-refractivity contribution in [2.24, 2.45) is 0 Å². The Hall–Kier alpha value is -1.95. The Bertz CT molecular complexity index is 936. The number of amides is 1. The first kappa shape index (κ1) is 33.0. The summed E-state index contributed by atoms with van der Waals surface area (Å²) in [6.07, 6.45) is -8.02. The van der Waals surface area contributed by atoms with Gasteiger partial charge >= 0.3 is 69.8 Å². The van der Waals surface area contributed by atoms with Crippen LogP contribution >= 0.6 is 0 Å². The van der Waals surface area contributed by atoms with E-state index in [4.69, 9.17) is 4.55 Å². The van der Waals surface area contributed by atoms with Crippen molar-refractivity contribution in [2.75, 3.05) is 0 Å². The maximum Gasteiger partial charge on any atom is 0.460 e. The molecule has 0 aromatic rings. The molecule has 0 saturated carbocycles. The second kappa shape index (κ2) is 8.03. The Kier molecular flexibility index (Phi) is 7.58. The Morgan fingerprint density at radius 3 is 0.943 bits per heavy atom. The van der Waals surface area contributed by atoms with Crippen LogP contribution in [-0.4, -0.2) is 72.4 Å². The van der Waals surface area contributed by atoms with E-state index in [2.05, 4.69) is 0 Å². The van der Waals surface area contributed by atoms with Crippen LogP contribution in [0.5, 0.6) is 0 Å². The van der Waals surface area contributed by atoms with Crippen molar-refractivity contribution in [3.05, 3.63) is 0 Å². The summed E-state index contributed by atoms with van der Waals surface area (Å²) in [6.45, 7) is 0. The zero-order valence-corrected chi connectivity index (χ0v) is 15.6. The van der Waals surface area contributed by atoms with Crippen molar-refractivity contribution in [1.82, 2.24) is 4.72 Å². The largest absolute Gasteiger partial charge is 0.460 e. The maximum atomic E-state index is 13.4. The Morgan fingerprint density at radius 1 is 0.486 bits per heavy atom. The van der Waals surface area contributed by atoms with E-state index in [1.807, 2.05) is 0 Å². The fourth-order valence-corrected chi connectivity index (χ4v) is 2.05. The van der Waals surface area contributed by atoms with Crippen LogP contribution in [0.4, 0.5) is 83.4 Å². The predicted molar refractivity (Wildman–Crippen MR) is 65.3 cm³/mol. The number of rotatable bonds is 9. The van der Waals surface area contributed by atoms with E-state index in [0.29, 0.717) is 0 Å². The van der Waals surface area contributed by atoms with Crippen LogP contribution in [0.3, 0.4) is 0 Å². The number of carbonyl (C=O) groups excluding carboxylic acids is 1. The smallest absolute Gasteiger partial charge is 0.269 e. The van der Waals surface area contributed by atoms with Crippen LogP contribution < -0.4 is 4.72 Å². The van der Waals surface area contributed by atoms with Gasteiger partial charge in [-0.3, -0.25) is 9.35 Å². The van der Waals surface area contributed by atoms with Crippen molar-refractivity contribution in [1.29, 1.82) is 0 Å². The quantitative estimate of drug-likeness (QED) is 0.304. The molecule has 0 aliphatic rings. The summed E-state index contributed by atoms with van der Waals surface area (Å²) < 4.78 is 274. The number of hydrogen-bond donors (Lipinski definition) is 2. The van der Waals surface area contributed by atoms with Gasteiger partial charge in [0.2, 0.25) is 0 Å². The molecule has 5 nitrogen and oxygen atoms in total. The molecule has 0 bridgehead atoms. The van der Waals surface area contributed by atoms with E-state index < -0.39 is 74.5 Å². The molecule has 0 aromatic carbocycles. The summed E-state index contributed by atoms with van der Waals surface area (Å²) >= 11 is 0. The average molecular weight is 593 g/mol. The van der Waals surface area contributed by atoms with Gasteiger partial charge in [-0.1, -0.05) is 0 Å². The molecule has 35 heavy (non-hydrogen) atoms. The Morgan fingerprint density at radius 2 is 0.714 bits per heavy atom. The highest BCUT2D eigenvalue weighted by atomic mass is 32.2. The summed E-state index contributed by atoms with van der Waals surface area (Å²) in [5, 5.41) is 0. The molecule has 0 heterocycles. The SMILES string of the molecule is O=C(NS(=O)(=O)O)C(F)(F)C(F)(F)C(F)(F)C(F)(F)C(F)(F)C(F)(F)C(F)(F)C(F)(F)C(F)(F)F. The van der Waals surface area contributed by atoms with Gasteiger partial charge in [0.1, 0.15) is 0 Å². The van der Waals surface area contributed by atoms with Gasteiger partial charge in [-0.05, 0) is 0 Å². The van der Waals surface area contributed by atoms with Crippen LogP contribution in [0.15, 0.2) is 0 Å². The van der Waals surface area contributed by atoms with Crippen molar-refractivity contribution >= 4 is 16.2 Å². The molecule has 0 aliphatic heterocycles. The molecule has 25 heteroatoms. The van der Waals surface area contributed by atoms with Crippen LogP contribution in [0.1, 0.15) is 0 Å². The lowest BCUT2D eigenvalue weighted by Crippen LogP contribution is -2.76. The monoisotopic (exact) mass is 593 g/mol. The molecule has 0 rings (SSSR count). The Balaban J connectivity index is 6.99. The topological polar surface area (TPSA) is 83.5 Å². The standard InChI is InChI=1S/C10H2F19NO4S/c11-2(12,1(31)30-35(32,33)34)3(13,14)4(15,16)5(17,18)6(19,20)7(21,22)8(23,24)9(25,26)10(27,28)29/h(H,30,31)(H,32,33,34). The molecule has 2 N–H and O–H groups in total. The zero-order valence-electron chi connectivity index (χ0n) is 14.8. The highest BCUT2D eigenvalue weighted by Crippen LogP contribution is 2.65. The molecule has 210 valence electrons. The molecule has 0 radical (unpaired) electrons. The molecule has 0 atom stereocenters. The lowest BCUT2D eigenvalue weighted by atomic mass is 9.87. The molecule has 0 aliphatic carbocycles. The number of carbonyl (C=O) groups is 1. The lowest BCUT2D eigenvalue weighted by molar-refractivity contribution is -0.467. The number of hydrogen-bond acceptors (Lipinski definition) is 3. The van der Waals surface area contributed by atoms with Crippen molar-refractivity contribution in [3.8, 4) is 0 Å². The minimum atomic E-state index is -9.18. The van der Waals surface area contributed by atoms with E-state index in [0.717, 1.165) is 0 Å². The second-order valence-corrected chi connectivity index (χ2v) is 7.15. The van der Waals surface area contributed by atoms with Gasteiger partial charge in [0.05, 0.1) is 0 Å². The normalized spacial score (nSPS) is 16.3. The van der Waals surface area contributed by atoms with Gasteiger partial charge < -0.3 is 0 Å². The molecule has 0 saturated heterocycles. The molecule has 0 unspecified atom stereocenters. The fourth-order valence-electron chi connectivity index (χ4n) is 1.68. The number of halogens is 19. The van der Waals surface area contributed by atoms with Crippen molar-refractivity contribution in [3.63, 3.8) is 0 Å². The highest BCUT2D eigenvalue weighted by Gasteiger charge is 2.97. The van der Waals surface area contributed by atoms with Crippen LogP contribution in [0, 0.1) is 0 Å². The third kappa shape index (κ3) is 4.41. The summed E-state index contributed by atoms with van der Waals surface area (Å²) in [6, 6.07) is 0. The van der Waals surface area contributed by atoms with E-state index >= 15 is 0 Å². The number of alkyl halides is 19. The first-order valence-electron chi connectivity index (χ1n) is 7.01. The summed E-state index contributed by atoms with van der Waals surface area (Å²) in [4.78, 5) is 10.6. The van der Waals surface area contributed by atoms with E-state index in [-0.39, 0.29) is 0 Å². The van der Waals surface area contributed by atoms with Crippen LogP contribution in [0.25, 0.3) is 0 Å². The van der Waals surface area contributed by atoms with E-state index in [1.54, 1.807) is 0 Å². The summed E-state index contributed by atoms with van der Waals surface area (Å²) in [7, 11) is -6.45. The summed E-state index contributed by atoms with van der Waals surface area (Å²) in [5.74, 6) is -74.4. The third-order valence-electron chi connectivity index (χ3n) is 3.62. The molecule has 0 aromatic heterocycles. The van der Waals surface area contributed by atoms with Crippen LogP contribution in [0.2, 0.25) is 0 Å². The number of nitrogens with one attached hydrogen (secondary N) is 1. The fraction of sp³-hybridized carbons (Fsp3) is 0.900. The first-order chi connectivity index (χ1) is 14.6. The molecular weight excluding hydrogens is 591 g/mol. The van der Waals surface area contributed by atoms with Crippen molar-refractivity contribution in [2.45, 2.75) is 53.6 Å². The molecule has 1 amide bonds. The predicted octanol–water partition coefficient (Wildman–Crippen LogP) is 4.55. The Labute approximate surface area is 177 Å². The van der Waals surface area contributed by atoms with Gasteiger partial charge in [0, 0.05) is 0 Å². The molecular formula is C10H2F19NO4S. The first-order valence-corrected chi connectivity index (χ1v) is 8.45. The van der Waals surface area contributed by atoms with Crippen LogP contribution in [-0.2, 0) is 15.1 Å². The van der Waals surface area contributed by atoms with Gasteiger partial charge in [-0.15, -0.1) is 0 Å². The van der Waals surface area contributed by atoms with E-state index in [9.17, 15) is 96.6 Å². The summed E-state index contributed by atoms with van der Waals surface area (Å²) in [5.41, 5.74) is 0. The second-order valence-electron chi connectivity index (χ2n) is 6.00. The minimum absolute atomic E-state index is 0.680. The average Bonchev–Trinajstić information content (AvgIpc) is 2.57. The maximum absolute atomic E-state index is 13.4. The van der Waals surface area contributed by atoms with Gasteiger partial charge in [-0.25, -0.2) is 4.72 Å². The zero-order chi connectivity index (χ0) is 29.3. The highest BCUT2D eigenvalue weighted by molar-refractivity contribution is 7.84. The van der Waals surface area contributed by atoms with Gasteiger partial charge in [0.25, 0.3) is 0 Å².